The van der Waals surface area contributed by atoms with Gasteiger partial charge in [-0.15, -0.1) is 0 Å². The molecule has 0 aromatic carbocycles. The molecule has 2 heteroatoms. The summed E-state index contributed by atoms with van der Waals surface area (Å²) >= 11 is 0. The van der Waals surface area contributed by atoms with E-state index in [0.717, 1.165) is 13.0 Å². The number of hydrogen-bond donors (Lipinski definition) is 1. The van der Waals surface area contributed by atoms with Crippen LogP contribution in [0.4, 0.5) is 0 Å². The van der Waals surface area contributed by atoms with Gasteiger partial charge in [-0.25, -0.2) is 0 Å². The van der Waals surface area contributed by atoms with Gasteiger partial charge in [0.05, 0.1) is 6.10 Å². The number of aliphatic hydroxyl groups excluding tert-OH is 1. The lowest BCUT2D eigenvalue weighted by Gasteiger charge is -2.28. The fraction of sp³-hybridized carbons (Fsp3) is 1.00. The van der Waals surface area contributed by atoms with Crippen LogP contribution in [-0.2, 0) is 0 Å². The normalized spacial score (nSPS) is 30.5. The van der Waals surface area contributed by atoms with Crippen molar-refractivity contribution < 1.29 is 5.11 Å². The van der Waals surface area contributed by atoms with E-state index in [-0.39, 0.29) is 6.10 Å². The lowest BCUT2D eigenvalue weighted by atomic mass is 10.1. The van der Waals surface area contributed by atoms with E-state index >= 15 is 0 Å². The summed E-state index contributed by atoms with van der Waals surface area (Å²) in [6.45, 7) is 5.54. The van der Waals surface area contributed by atoms with Crippen LogP contribution in [-0.4, -0.2) is 35.7 Å². The Balaban J connectivity index is 2.35. The molecule has 12 heavy (non-hydrogen) atoms. The molecule has 1 rings (SSSR count). The third-order valence-electron chi connectivity index (χ3n) is 2.66. The molecule has 72 valence electrons. The van der Waals surface area contributed by atoms with E-state index in [1.165, 1.54) is 12.8 Å². The Morgan fingerprint density at radius 3 is 2.50 bits per heavy atom. The first-order valence-corrected chi connectivity index (χ1v) is 4.99. The first-order valence-electron chi connectivity index (χ1n) is 4.99. The van der Waals surface area contributed by atoms with E-state index in [1.54, 1.807) is 0 Å². The SMILES string of the molecule is CC(C)CN(C)C1CCC[C@@H]1O. The predicted octanol–water partition coefficient (Wildman–Crippen LogP) is 1.49. The molecule has 0 heterocycles. The molecular formula is C10H21NO. The average Bonchev–Trinajstić information content (AvgIpc) is 2.33. The first kappa shape index (κ1) is 10.0. The summed E-state index contributed by atoms with van der Waals surface area (Å²) in [4.78, 5) is 2.31. The molecule has 0 aromatic heterocycles. The molecule has 1 N–H and O–H groups in total. The number of likely N-dealkylation sites (N-methyl/N-ethyl adjacent to an activating group) is 1. The highest BCUT2D eigenvalue weighted by Crippen LogP contribution is 2.23. The molecule has 1 saturated carbocycles. The summed E-state index contributed by atoms with van der Waals surface area (Å²) in [5.41, 5.74) is 0. The molecule has 0 aliphatic heterocycles. The van der Waals surface area contributed by atoms with Crippen LogP contribution < -0.4 is 0 Å². The molecule has 0 saturated heterocycles. The molecule has 1 aliphatic rings. The van der Waals surface area contributed by atoms with E-state index in [4.69, 9.17) is 0 Å². The molecule has 0 amide bonds. The Labute approximate surface area is 75.6 Å². The number of hydrogen-bond acceptors (Lipinski definition) is 2. The smallest absolute Gasteiger partial charge is 0.0695 e. The standard InChI is InChI=1S/C10H21NO/c1-8(2)7-11(3)9-5-4-6-10(9)12/h8-10,12H,4-7H2,1-3H3/t9?,10-/m0/s1. The number of nitrogens with zero attached hydrogens (tertiary/aromatic N) is 1. The van der Waals surface area contributed by atoms with Crippen LogP contribution in [0.25, 0.3) is 0 Å². The Morgan fingerprint density at radius 2 is 2.08 bits per heavy atom. The molecule has 2 atom stereocenters. The maximum atomic E-state index is 9.63. The zero-order chi connectivity index (χ0) is 9.14. The maximum absolute atomic E-state index is 9.63. The van der Waals surface area contributed by atoms with Gasteiger partial charge in [-0.05, 0) is 32.2 Å². The van der Waals surface area contributed by atoms with Gasteiger partial charge in [0.1, 0.15) is 0 Å². The summed E-state index contributed by atoms with van der Waals surface area (Å²) in [5.74, 6) is 0.697. The van der Waals surface area contributed by atoms with Gasteiger partial charge in [-0.3, -0.25) is 0 Å². The van der Waals surface area contributed by atoms with Crippen molar-refractivity contribution in [3.8, 4) is 0 Å². The topological polar surface area (TPSA) is 23.5 Å². The van der Waals surface area contributed by atoms with Gasteiger partial charge in [0.25, 0.3) is 0 Å². The summed E-state index contributed by atoms with van der Waals surface area (Å²) in [7, 11) is 2.12. The Kier molecular flexibility index (Phi) is 3.53. The van der Waals surface area contributed by atoms with Crippen LogP contribution in [0.15, 0.2) is 0 Å². The Morgan fingerprint density at radius 1 is 1.42 bits per heavy atom. The number of rotatable bonds is 3. The van der Waals surface area contributed by atoms with E-state index in [0.29, 0.717) is 12.0 Å². The quantitative estimate of drug-likeness (QED) is 0.695. The largest absolute Gasteiger partial charge is 0.391 e. The van der Waals surface area contributed by atoms with Crippen molar-refractivity contribution in [2.75, 3.05) is 13.6 Å². The molecular weight excluding hydrogens is 150 g/mol. The van der Waals surface area contributed by atoms with Crippen molar-refractivity contribution in [1.29, 1.82) is 0 Å². The molecule has 0 bridgehead atoms. The van der Waals surface area contributed by atoms with Crippen molar-refractivity contribution in [2.24, 2.45) is 5.92 Å². The van der Waals surface area contributed by atoms with E-state index < -0.39 is 0 Å². The highest BCUT2D eigenvalue weighted by molar-refractivity contribution is 4.83. The highest BCUT2D eigenvalue weighted by Gasteiger charge is 2.28. The summed E-state index contributed by atoms with van der Waals surface area (Å²) < 4.78 is 0. The fourth-order valence-electron chi connectivity index (χ4n) is 2.15. The third-order valence-corrected chi connectivity index (χ3v) is 2.66. The van der Waals surface area contributed by atoms with E-state index in [9.17, 15) is 5.11 Å². The van der Waals surface area contributed by atoms with Crippen LogP contribution in [0.3, 0.4) is 0 Å². The second-order valence-electron chi connectivity index (χ2n) is 4.40. The van der Waals surface area contributed by atoms with Gasteiger partial charge in [0.15, 0.2) is 0 Å². The molecule has 2 nitrogen and oxygen atoms in total. The summed E-state index contributed by atoms with van der Waals surface area (Å²) in [6, 6.07) is 0.424. The monoisotopic (exact) mass is 171 g/mol. The van der Waals surface area contributed by atoms with E-state index in [1.807, 2.05) is 0 Å². The van der Waals surface area contributed by atoms with Crippen LogP contribution in [0.1, 0.15) is 33.1 Å². The van der Waals surface area contributed by atoms with Crippen molar-refractivity contribution in [3.05, 3.63) is 0 Å². The molecule has 0 aromatic rings. The van der Waals surface area contributed by atoms with Gasteiger partial charge < -0.3 is 10.0 Å². The van der Waals surface area contributed by atoms with Crippen LogP contribution in [0.2, 0.25) is 0 Å². The highest BCUT2D eigenvalue weighted by atomic mass is 16.3. The average molecular weight is 171 g/mol. The van der Waals surface area contributed by atoms with Crippen molar-refractivity contribution in [2.45, 2.75) is 45.3 Å². The lowest BCUT2D eigenvalue weighted by Crippen LogP contribution is -2.39. The third kappa shape index (κ3) is 2.46. The van der Waals surface area contributed by atoms with Crippen LogP contribution in [0, 0.1) is 5.92 Å². The zero-order valence-electron chi connectivity index (χ0n) is 8.45. The minimum atomic E-state index is -0.0752. The second kappa shape index (κ2) is 4.24. The van der Waals surface area contributed by atoms with Gasteiger partial charge in [0.2, 0.25) is 0 Å². The summed E-state index contributed by atoms with van der Waals surface area (Å²) in [5, 5.41) is 9.63. The Bertz CT molecular complexity index is 136. The first-order chi connectivity index (χ1) is 5.61. The molecule has 1 fully saturated rings. The van der Waals surface area contributed by atoms with Gasteiger partial charge in [-0.2, -0.15) is 0 Å². The van der Waals surface area contributed by atoms with E-state index in [2.05, 4.69) is 25.8 Å². The van der Waals surface area contributed by atoms with Crippen LogP contribution >= 0.6 is 0 Å². The zero-order valence-corrected chi connectivity index (χ0v) is 8.45. The second-order valence-corrected chi connectivity index (χ2v) is 4.40. The van der Waals surface area contributed by atoms with Crippen molar-refractivity contribution in [1.82, 2.24) is 4.90 Å². The molecule has 1 unspecified atom stereocenters. The Hall–Kier alpha value is -0.0800. The fourth-order valence-corrected chi connectivity index (χ4v) is 2.15. The van der Waals surface area contributed by atoms with Gasteiger partial charge in [0, 0.05) is 12.6 Å². The summed E-state index contributed by atoms with van der Waals surface area (Å²) in [6.07, 6.45) is 3.28. The minimum Gasteiger partial charge on any atom is -0.391 e. The molecule has 1 aliphatic carbocycles. The van der Waals surface area contributed by atoms with Gasteiger partial charge >= 0.3 is 0 Å². The minimum absolute atomic E-state index is 0.0752. The molecule has 0 radical (unpaired) electrons. The lowest BCUT2D eigenvalue weighted by molar-refractivity contribution is 0.0801. The molecule has 0 spiro atoms. The van der Waals surface area contributed by atoms with Crippen molar-refractivity contribution >= 4 is 0 Å². The van der Waals surface area contributed by atoms with Gasteiger partial charge in [-0.1, -0.05) is 13.8 Å². The predicted molar refractivity (Wildman–Crippen MR) is 51.1 cm³/mol. The van der Waals surface area contributed by atoms with Crippen molar-refractivity contribution in [3.63, 3.8) is 0 Å². The van der Waals surface area contributed by atoms with Crippen LogP contribution in [0.5, 0.6) is 0 Å². The number of aliphatic hydroxyl groups is 1. The maximum Gasteiger partial charge on any atom is 0.0695 e.